The fourth-order valence-electron chi connectivity index (χ4n) is 2.14. The molecule has 0 aliphatic rings. The van der Waals surface area contributed by atoms with Crippen molar-refractivity contribution in [1.82, 2.24) is 0 Å². The number of benzene rings is 2. The molecule has 0 saturated carbocycles. The lowest BCUT2D eigenvalue weighted by atomic mass is 9.98. The summed E-state index contributed by atoms with van der Waals surface area (Å²) in [5, 5.41) is 8.78. The summed E-state index contributed by atoms with van der Waals surface area (Å²) in [6.07, 6.45) is 2.11. The molecule has 2 aromatic rings. The third kappa shape index (κ3) is 7.35. The Bertz CT molecular complexity index is 771. The van der Waals surface area contributed by atoms with Gasteiger partial charge >= 0.3 is 10.4 Å². The molecule has 0 spiro atoms. The van der Waals surface area contributed by atoms with E-state index < -0.39 is 10.4 Å². The number of nitriles is 1. The summed E-state index contributed by atoms with van der Waals surface area (Å²) in [6.45, 7) is 2.14. The van der Waals surface area contributed by atoms with Gasteiger partial charge < -0.3 is 5.73 Å². The van der Waals surface area contributed by atoms with Gasteiger partial charge in [-0.1, -0.05) is 49.7 Å². The minimum atomic E-state index is -4.67. The molecule has 0 saturated heterocycles. The van der Waals surface area contributed by atoms with Crippen molar-refractivity contribution in [2.45, 2.75) is 25.8 Å². The Morgan fingerprint density at radius 3 is 1.83 bits per heavy atom. The van der Waals surface area contributed by atoms with Gasteiger partial charge in [0.15, 0.2) is 0 Å². The van der Waals surface area contributed by atoms with E-state index in [2.05, 4.69) is 37.3 Å². The topological polar surface area (TPSA) is 124 Å². The van der Waals surface area contributed by atoms with Gasteiger partial charge in [-0.15, -0.1) is 0 Å². The van der Waals surface area contributed by atoms with Crippen LogP contribution in [0, 0.1) is 11.3 Å². The third-order valence-corrected chi connectivity index (χ3v) is 3.29. The number of nitrogens with two attached hydrogens (primary N) is 1. The Morgan fingerprint density at radius 2 is 1.46 bits per heavy atom. The Morgan fingerprint density at radius 1 is 1.04 bits per heavy atom. The van der Waals surface area contributed by atoms with Gasteiger partial charge in [0.1, 0.15) is 0 Å². The van der Waals surface area contributed by atoms with Gasteiger partial charge in [0, 0.05) is 6.04 Å². The first-order valence-electron chi connectivity index (χ1n) is 7.30. The second kappa shape index (κ2) is 9.15. The molecule has 0 heterocycles. The average Bonchev–Trinajstić information content (AvgIpc) is 2.54. The van der Waals surface area contributed by atoms with Crippen molar-refractivity contribution in [2.75, 3.05) is 0 Å². The van der Waals surface area contributed by atoms with Crippen LogP contribution in [0.4, 0.5) is 0 Å². The minimum absolute atomic E-state index is 0.125. The van der Waals surface area contributed by atoms with Crippen molar-refractivity contribution < 1.29 is 17.5 Å². The first-order valence-corrected chi connectivity index (χ1v) is 8.70. The minimum Gasteiger partial charge on any atom is -0.324 e. The van der Waals surface area contributed by atoms with Crippen molar-refractivity contribution >= 4 is 10.4 Å². The summed E-state index contributed by atoms with van der Waals surface area (Å²) in [7, 11) is -4.67. The van der Waals surface area contributed by atoms with Crippen LogP contribution in [0.1, 0.15) is 36.9 Å². The zero-order valence-corrected chi connectivity index (χ0v) is 14.1. The molecule has 0 bridgehead atoms. The highest BCUT2D eigenvalue weighted by Crippen LogP contribution is 2.23. The summed E-state index contributed by atoms with van der Waals surface area (Å²) in [5.74, 6) is 0. The van der Waals surface area contributed by atoms with Crippen molar-refractivity contribution in [3.8, 4) is 17.2 Å². The van der Waals surface area contributed by atoms with E-state index in [1.165, 1.54) is 5.56 Å². The van der Waals surface area contributed by atoms with Crippen LogP contribution in [-0.4, -0.2) is 17.5 Å². The summed E-state index contributed by atoms with van der Waals surface area (Å²) in [5.41, 5.74) is 10.2. The zero-order chi connectivity index (χ0) is 18.2. The Labute approximate surface area is 142 Å². The normalized spacial score (nSPS) is 11.8. The lowest BCUT2D eigenvalue weighted by Crippen LogP contribution is -2.09. The van der Waals surface area contributed by atoms with Crippen molar-refractivity contribution in [2.24, 2.45) is 5.73 Å². The fourth-order valence-corrected chi connectivity index (χ4v) is 2.14. The molecule has 0 aromatic heterocycles. The second-order valence-electron chi connectivity index (χ2n) is 5.15. The summed E-state index contributed by atoms with van der Waals surface area (Å²) >= 11 is 0. The first kappa shape index (κ1) is 19.8. The molecule has 128 valence electrons. The Hall–Kier alpha value is -2.24. The lowest BCUT2D eigenvalue weighted by Gasteiger charge is -2.11. The number of hydrogen-bond donors (Lipinski definition) is 3. The Kier molecular flexibility index (Phi) is 7.55. The second-order valence-corrected chi connectivity index (χ2v) is 6.05. The highest BCUT2D eigenvalue weighted by Gasteiger charge is 2.05. The third-order valence-electron chi connectivity index (χ3n) is 3.29. The van der Waals surface area contributed by atoms with Crippen molar-refractivity contribution in [1.29, 1.82) is 5.26 Å². The largest absolute Gasteiger partial charge is 0.394 e. The van der Waals surface area contributed by atoms with E-state index in [9.17, 15) is 0 Å². The Balaban J connectivity index is 0.000000505. The zero-order valence-electron chi connectivity index (χ0n) is 13.3. The van der Waals surface area contributed by atoms with E-state index in [0.29, 0.717) is 5.56 Å². The summed E-state index contributed by atoms with van der Waals surface area (Å²) in [4.78, 5) is 0. The average molecular weight is 348 g/mol. The molecule has 24 heavy (non-hydrogen) atoms. The van der Waals surface area contributed by atoms with Gasteiger partial charge in [-0.3, -0.25) is 9.11 Å². The van der Waals surface area contributed by atoms with Crippen LogP contribution in [0.2, 0.25) is 0 Å². The standard InChI is InChI=1S/C17H18N2.H2O4S/c1-2-3-17(19)16-10-8-15(9-11-16)14-6-4-13(12-18)5-7-14;1-5(2,3)4/h4-11,17H,2-3,19H2,1H3;(H2,1,2,3,4). The van der Waals surface area contributed by atoms with Gasteiger partial charge in [0.05, 0.1) is 11.6 Å². The molecule has 0 fully saturated rings. The summed E-state index contributed by atoms with van der Waals surface area (Å²) < 4.78 is 31.6. The molecule has 4 N–H and O–H groups in total. The van der Waals surface area contributed by atoms with Crippen LogP contribution in [0.25, 0.3) is 11.1 Å². The summed E-state index contributed by atoms with van der Waals surface area (Å²) in [6, 6.07) is 18.2. The SMILES string of the molecule is CCCC(N)c1ccc(-c2ccc(C#N)cc2)cc1.O=S(=O)(O)O. The van der Waals surface area contributed by atoms with Crippen LogP contribution < -0.4 is 5.73 Å². The maximum Gasteiger partial charge on any atom is 0.394 e. The van der Waals surface area contributed by atoms with Gasteiger partial charge in [-0.05, 0) is 35.2 Å². The van der Waals surface area contributed by atoms with Crippen LogP contribution in [0.15, 0.2) is 48.5 Å². The molecule has 7 heteroatoms. The van der Waals surface area contributed by atoms with Crippen LogP contribution >= 0.6 is 0 Å². The highest BCUT2D eigenvalue weighted by atomic mass is 32.3. The number of hydrogen-bond acceptors (Lipinski definition) is 4. The van der Waals surface area contributed by atoms with Crippen LogP contribution in [0.5, 0.6) is 0 Å². The molecule has 0 aliphatic carbocycles. The number of nitrogens with zero attached hydrogens (tertiary/aromatic N) is 1. The molecular weight excluding hydrogens is 328 g/mol. The molecule has 0 amide bonds. The van der Waals surface area contributed by atoms with Crippen molar-refractivity contribution in [3.63, 3.8) is 0 Å². The monoisotopic (exact) mass is 348 g/mol. The van der Waals surface area contributed by atoms with Gasteiger partial charge in [-0.2, -0.15) is 13.7 Å². The molecular formula is C17H20N2O4S. The smallest absolute Gasteiger partial charge is 0.324 e. The van der Waals surface area contributed by atoms with Crippen molar-refractivity contribution in [3.05, 3.63) is 59.7 Å². The van der Waals surface area contributed by atoms with Crippen LogP contribution in [-0.2, 0) is 10.4 Å². The predicted molar refractivity (Wildman–Crippen MR) is 92.6 cm³/mol. The van der Waals surface area contributed by atoms with E-state index in [0.717, 1.165) is 24.0 Å². The molecule has 0 aliphatic heterocycles. The lowest BCUT2D eigenvalue weighted by molar-refractivity contribution is 0.381. The maximum atomic E-state index is 8.78. The van der Waals surface area contributed by atoms with Gasteiger partial charge in [0.2, 0.25) is 0 Å². The van der Waals surface area contributed by atoms with E-state index >= 15 is 0 Å². The quantitative estimate of drug-likeness (QED) is 0.728. The molecule has 1 unspecified atom stereocenters. The molecule has 2 rings (SSSR count). The first-order chi connectivity index (χ1) is 11.2. The van der Waals surface area contributed by atoms with E-state index in [1.807, 2.05) is 24.3 Å². The number of rotatable bonds is 4. The van der Waals surface area contributed by atoms with E-state index in [4.69, 9.17) is 28.5 Å². The van der Waals surface area contributed by atoms with Crippen LogP contribution in [0.3, 0.4) is 0 Å². The molecule has 6 nitrogen and oxygen atoms in total. The molecule has 0 radical (unpaired) electrons. The van der Waals surface area contributed by atoms with Gasteiger partial charge in [0.25, 0.3) is 0 Å². The predicted octanol–water partition coefficient (Wildman–Crippen LogP) is 3.37. The van der Waals surface area contributed by atoms with E-state index in [-0.39, 0.29) is 6.04 Å². The fraction of sp³-hybridized carbons (Fsp3) is 0.235. The maximum absolute atomic E-state index is 8.78. The van der Waals surface area contributed by atoms with E-state index in [1.54, 1.807) is 0 Å². The van der Waals surface area contributed by atoms with Gasteiger partial charge in [-0.25, -0.2) is 0 Å². The molecule has 2 aromatic carbocycles. The highest BCUT2D eigenvalue weighted by molar-refractivity contribution is 7.79. The molecule has 1 atom stereocenters.